The van der Waals surface area contributed by atoms with Gasteiger partial charge in [0.25, 0.3) is 0 Å². The Hall–Kier alpha value is -1.14. The van der Waals surface area contributed by atoms with Gasteiger partial charge in [-0.1, -0.05) is 0 Å². The van der Waals surface area contributed by atoms with Crippen LogP contribution >= 0.6 is 0 Å². The van der Waals surface area contributed by atoms with Gasteiger partial charge in [0.2, 0.25) is 11.8 Å². The van der Waals surface area contributed by atoms with E-state index in [1.807, 2.05) is 20.8 Å². The van der Waals surface area contributed by atoms with Gasteiger partial charge in [-0.25, -0.2) is 0 Å². The number of likely N-dealkylation sites (N-methyl/N-ethyl adjacent to an activating group) is 1. The molecule has 116 valence electrons. The van der Waals surface area contributed by atoms with Crippen LogP contribution in [0.25, 0.3) is 0 Å². The van der Waals surface area contributed by atoms with Gasteiger partial charge < -0.3 is 10.2 Å². The predicted molar refractivity (Wildman–Crippen MR) is 79.5 cm³/mol. The van der Waals surface area contributed by atoms with Crippen molar-refractivity contribution in [3.8, 4) is 0 Å². The Morgan fingerprint density at radius 2 is 1.45 bits per heavy atom. The fraction of sp³-hybridized carbons (Fsp3) is 0.857. The summed E-state index contributed by atoms with van der Waals surface area (Å²) in [6, 6.07) is 0. The second kappa shape index (κ2) is 7.04. The Balaban J connectivity index is 2.29. The van der Waals surface area contributed by atoms with Crippen LogP contribution in [0.3, 0.4) is 0 Å². The summed E-state index contributed by atoms with van der Waals surface area (Å²) in [6.45, 7) is 10.2. The molecule has 0 radical (unpaired) electrons. The molecule has 0 atom stereocenters. The molecule has 20 heavy (non-hydrogen) atoms. The van der Waals surface area contributed by atoms with Crippen LogP contribution in [0.2, 0.25) is 0 Å². The van der Waals surface area contributed by atoms with E-state index in [2.05, 4.69) is 15.1 Å². The Morgan fingerprint density at radius 3 is 1.85 bits per heavy atom. The number of carbonyl (C=O) groups is 2. The summed E-state index contributed by atoms with van der Waals surface area (Å²) < 4.78 is 0. The molecule has 1 heterocycles. The Morgan fingerprint density at radius 1 is 1.00 bits per heavy atom. The average molecular weight is 284 g/mol. The molecular formula is C14H28N4O2. The number of hydrogen-bond acceptors (Lipinski definition) is 4. The van der Waals surface area contributed by atoms with Gasteiger partial charge in [-0.05, 0) is 20.8 Å². The lowest BCUT2D eigenvalue weighted by Crippen LogP contribution is -2.53. The van der Waals surface area contributed by atoms with Crippen LogP contribution in [0.15, 0.2) is 0 Å². The molecular weight excluding hydrogens is 256 g/mol. The minimum absolute atomic E-state index is 0.0651. The van der Waals surface area contributed by atoms with E-state index >= 15 is 0 Å². The Bertz CT molecular complexity index is 342. The second-order valence-electron chi connectivity index (χ2n) is 6.64. The number of amides is 2. The lowest BCUT2D eigenvalue weighted by Gasteiger charge is -2.34. The quantitative estimate of drug-likeness (QED) is 0.764. The van der Waals surface area contributed by atoms with Crippen LogP contribution in [0, 0.1) is 0 Å². The third kappa shape index (κ3) is 6.34. The molecule has 1 N–H and O–H groups in total. The maximum absolute atomic E-state index is 11.8. The van der Waals surface area contributed by atoms with Crippen LogP contribution in [-0.4, -0.2) is 85.4 Å². The van der Waals surface area contributed by atoms with Gasteiger partial charge >= 0.3 is 0 Å². The number of rotatable bonds is 4. The van der Waals surface area contributed by atoms with Crippen molar-refractivity contribution in [1.82, 2.24) is 20.0 Å². The molecule has 0 aromatic heterocycles. The molecule has 0 saturated carbocycles. The van der Waals surface area contributed by atoms with Crippen LogP contribution in [0.5, 0.6) is 0 Å². The van der Waals surface area contributed by atoms with Gasteiger partial charge in [-0.15, -0.1) is 0 Å². The molecule has 0 unspecified atom stereocenters. The maximum Gasteiger partial charge on any atom is 0.236 e. The highest BCUT2D eigenvalue weighted by Gasteiger charge is 2.22. The first kappa shape index (κ1) is 16.9. The van der Waals surface area contributed by atoms with Crippen LogP contribution in [0.4, 0.5) is 0 Å². The standard InChI is InChI=1S/C14H28N4O2/c1-14(2,3)15-12(19)10-17-6-8-18(9-7-17)11-13(20)16(4)5/h6-11H2,1-5H3,(H,15,19). The fourth-order valence-electron chi connectivity index (χ4n) is 2.10. The van der Waals surface area contributed by atoms with Crippen molar-refractivity contribution in [2.75, 3.05) is 53.4 Å². The van der Waals surface area contributed by atoms with Crippen molar-refractivity contribution in [3.63, 3.8) is 0 Å². The van der Waals surface area contributed by atoms with E-state index < -0.39 is 0 Å². The minimum atomic E-state index is -0.183. The zero-order chi connectivity index (χ0) is 15.3. The van der Waals surface area contributed by atoms with E-state index in [0.717, 1.165) is 26.2 Å². The highest BCUT2D eigenvalue weighted by Crippen LogP contribution is 2.03. The SMILES string of the molecule is CN(C)C(=O)CN1CCN(CC(=O)NC(C)(C)C)CC1. The van der Waals surface area contributed by atoms with Gasteiger partial charge in [-0.2, -0.15) is 0 Å². The molecule has 1 rings (SSSR count). The summed E-state index contributed by atoms with van der Waals surface area (Å²) >= 11 is 0. The van der Waals surface area contributed by atoms with Crippen molar-refractivity contribution in [2.24, 2.45) is 0 Å². The second-order valence-corrected chi connectivity index (χ2v) is 6.64. The maximum atomic E-state index is 11.8. The van der Waals surface area contributed by atoms with Gasteiger partial charge in [0.1, 0.15) is 0 Å². The molecule has 1 aliphatic rings. The minimum Gasteiger partial charge on any atom is -0.350 e. The summed E-state index contributed by atoms with van der Waals surface area (Å²) in [5, 5.41) is 2.97. The van der Waals surface area contributed by atoms with Crippen LogP contribution < -0.4 is 5.32 Å². The fourth-order valence-corrected chi connectivity index (χ4v) is 2.10. The summed E-state index contributed by atoms with van der Waals surface area (Å²) in [5.74, 6) is 0.194. The lowest BCUT2D eigenvalue weighted by atomic mass is 10.1. The van der Waals surface area contributed by atoms with E-state index in [9.17, 15) is 9.59 Å². The van der Waals surface area contributed by atoms with E-state index in [1.54, 1.807) is 19.0 Å². The zero-order valence-electron chi connectivity index (χ0n) is 13.4. The molecule has 6 heteroatoms. The molecule has 0 aromatic carbocycles. The van der Waals surface area contributed by atoms with Crippen LogP contribution in [0.1, 0.15) is 20.8 Å². The number of hydrogen-bond donors (Lipinski definition) is 1. The third-order valence-corrected chi connectivity index (χ3v) is 3.20. The van der Waals surface area contributed by atoms with Gasteiger partial charge in [0, 0.05) is 45.8 Å². The van der Waals surface area contributed by atoms with E-state index in [-0.39, 0.29) is 17.4 Å². The Kier molecular flexibility index (Phi) is 5.95. The molecule has 2 amide bonds. The van der Waals surface area contributed by atoms with E-state index in [1.165, 1.54) is 0 Å². The smallest absolute Gasteiger partial charge is 0.236 e. The topological polar surface area (TPSA) is 55.9 Å². The summed E-state index contributed by atoms with van der Waals surface area (Å²) in [6.07, 6.45) is 0. The van der Waals surface area contributed by atoms with Crippen molar-refractivity contribution in [1.29, 1.82) is 0 Å². The largest absolute Gasteiger partial charge is 0.350 e. The highest BCUT2D eigenvalue weighted by atomic mass is 16.2. The summed E-state index contributed by atoms with van der Waals surface area (Å²) in [5.41, 5.74) is -0.183. The van der Waals surface area contributed by atoms with E-state index in [4.69, 9.17) is 0 Å². The predicted octanol–water partition coefficient (Wildman–Crippen LogP) is -0.393. The monoisotopic (exact) mass is 284 g/mol. The van der Waals surface area contributed by atoms with E-state index in [0.29, 0.717) is 13.1 Å². The molecule has 6 nitrogen and oxygen atoms in total. The molecule has 0 spiro atoms. The average Bonchev–Trinajstić information content (AvgIpc) is 2.28. The first-order valence-electron chi connectivity index (χ1n) is 7.13. The molecule has 1 aliphatic heterocycles. The highest BCUT2D eigenvalue weighted by molar-refractivity contribution is 5.79. The molecule has 0 bridgehead atoms. The normalized spacial score (nSPS) is 17.9. The lowest BCUT2D eigenvalue weighted by molar-refractivity contribution is -0.131. The summed E-state index contributed by atoms with van der Waals surface area (Å²) in [7, 11) is 3.55. The Labute approximate surface area is 122 Å². The van der Waals surface area contributed by atoms with Gasteiger partial charge in [-0.3, -0.25) is 19.4 Å². The van der Waals surface area contributed by atoms with Gasteiger partial charge in [0.05, 0.1) is 13.1 Å². The van der Waals surface area contributed by atoms with Crippen LogP contribution in [-0.2, 0) is 9.59 Å². The summed E-state index contributed by atoms with van der Waals surface area (Å²) in [4.78, 5) is 29.4. The third-order valence-electron chi connectivity index (χ3n) is 3.20. The molecule has 0 aromatic rings. The van der Waals surface area contributed by atoms with Crippen molar-refractivity contribution < 1.29 is 9.59 Å². The number of piperazine rings is 1. The first-order valence-corrected chi connectivity index (χ1v) is 7.13. The molecule has 0 aliphatic carbocycles. The van der Waals surface area contributed by atoms with Crippen molar-refractivity contribution >= 4 is 11.8 Å². The zero-order valence-corrected chi connectivity index (χ0v) is 13.4. The number of carbonyl (C=O) groups excluding carboxylic acids is 2. The number of nitrogens with one attached hydrogen (secondary N) is 1. The van der Waals surface area contributed by atoms with Crippen molar-refractivity contribution in [3.05, 3.63) is 0 Å². The number of nitrogens with zero attached hydrogens (tertiary/aromatic N) is 3. The van der Waals surface area contributed by atoms with Gasteiger partial charge in [0.15, 0.2) is 0 Å². The molecule has 1 fully saturated rings. The van der Waals surface area contributed by atoms with Crippen molar-refractivity contribution in [2.45, 2.75) is 26.3 Å². The first-order chi connectivity index (χ1) is 9.17. The molecule has 1 saturated heterocycles.